The molecule has 0 bridgehead atoms. The van der Waals surface area contributed by atoms with E-state index in [4.69, 9.17) is 14.5 Å². The Labute approximate surface area is 168 Å². The quantitative estimate of drug-likeness (QED) is 0.692. The molecule has 0 saturated carbocycles. The minimum atomic E-state index is 0.526. The summed E-state index contributed by atoms with van der Waals surface area (Å²) in [4.78, 5) is 7.40. The molecule has 1 N–H and O–H groups in total. The van der Waals surface area contributed by atoms with Crippen LogP contribution in [0, 0.1) is 0 Å². The maximum atomic E-state index is 5.78. The van der Waals surface area contributed by atoms with Crippen molar-refractivity contribution in [2.45, 2.75) is 44.4 Å². The Morgan fingerprint density at radius 2 is 2.00 bits per heavy atom. The molecule has 3 heterocycles. The van der Waals surface area contributed by atoms with Crippen molar-refractivity contribution in [3.05, 3.63) is 29.3 Å². The molecule has 4 rings (SSSR count). The van der Waals surface area contributed by atoms with E-state index in [1.54, 1.807) is 7.11 Å². The highest BCUT2D eigenvalue weighted by atomic mass is 16.5. The number of hydrogen-bond donors (Lipinski definition) is 1. The predicted molar refractivity (Wildman–Crippen MR) is 115 cm³/mol. The molecular weight excluding hydrogens is 350 g/mol. The molecule has 2 aliphatic rings. The first kappa shape index (κ1) is 19.5. The molecular formula is C23H33N3O2. The van der Waals surface area contributed by atoms with Gasteiger partial charge < -0.3 is 19.7 Å². The van der Waals surface area contributed by atoms with E-state index >= 15 is 0 Å². The van der Waals surface area contributed by atoms with Crippen LogP contribution in [0.3, 0.4) is 0 Å². The van der Waals surface area contributed by atoms with E-state index in [-0.39, 0.29) is 0 Å². The second-order valence-corrected chi connectivity index (χ2v) is 8.07. The molecule has 0 radical (unpaired) electrons. The molecule has 5 nitrogen and oxygen atoms in total. The van der Waals surface area contributed by atoms with Crippen molar-refractivity contribution in [2.75, 3.05) is 52.3 Å². The van der Waals surface area contributed by atoms with Crippen LogP contribution < -0.4 is 10.1 Å². The average molecular weight is 384 g/mol. The van der Waals surface area contributed by atoms with Crippen LogP contribution in [0.5, 0.6) is 5.75 Å². The fraction of sp³-hybridized carbons (Fsp3) is 0.609. The van der Waals surface area contributed by atoms with Crippen molar-refractivity contribution in [3.63, 3.8) is 0 Å². The minimum absolute atomic E-state index is 0.526. The van der Waals surface area contributed by atoms with Gasteiger partial charge in [-0.3, -0.25) is 0 Å². The third-order valence-corrected chi connectivity index (χ3v) is 6.28. The highest BCUT2D eigenvalue weighted by Crippen LogP contribution is 2.36. The topological polar surface area (TPSA) is 46.6 Å². The van der Waals surface area contributed by atoms with Crippen LogP contribution in [-0.4, -0.2) is 56.9 Å². The van der Waals surface area contributed by atoms with E-state index < -0.39 is 0 Å². The van der Waals surface area contributed by atoms with Crippen molar-refractivity contribution in [3.8, 4) is 5.75 Å². The first-order valence-electron chi connectivity index (χ1n) is 10.8. The van der Waals surface area contributed by atoms with Gasteiger partial charge in [0.05, 0.1) is 12.6 Å². The highest BCUT2D eigenvalue weighted by Gasteiger charge is 2.21. The molecule has 1 aromatic carbocycles. The first-order chi connectivity index (χ1) is 13.8. The summed E-state index contributed by atoms with van der Waals surface area (Å²) in [6, 6.07) is 6.68. The molecule has 0 unspecified atom stereocenters. The SMILES string of the molecule is CNc1cc(C2CCOCC2)c2cc(OC)c(CCCCN3CCC3)cc2n1. The van der Waals surface area contributed by atoms with Crippen molar-refractivity contribution in [2.24, 2.45) is 0 Å². The number of nitrogens with one attached hydrogen (secondary N) is 1. The van der Waals surface area contributed by atoms with Crippen molar-refractivity contribution >= 4 is 16.7 Å². The van der Waals surface area contributed by atoms with Gasteiger partial charge in [-0.15, -0.1) is 0 Å². The van der Waals surface area contributed by atoms with Gasteiger partial charge >= 0.3 is 0 Å². The monoisotopic (exact) mass is 383 g/mol. The lowest BCUT2D eigenvalue weighted by Gasteiger charge is -2.30. The second kappa shape index (κ2) is 9.10. The highest BCUT2D eigenvalue weighted by molar-refractivity contribution is 5.87. The van der Waals surface area contributed by atoms with Gasteiger partial charge in [0.1, 0.15) is 11.6 Å². The summed E-state index contributed by atoms with van der Waals surface area (Å²) in [6.07, 6.45) is 7.00. The number of aromatic nitrogens is 1. The molecule has 0 amide bonds. The molecule has 152 valence electrons. The number of likely N-dealkylation sites (tertiary alicyclic amines) is 1. The molecule has 28 heavy (non-hydrogen) atoms. The summed E-state index contributed by atoms with van der Waals surface area (Å²) in [6.45, 7) is 5.48. The third-order valence-electron chi connectivity index (χ3n) is 6.28. The standard InChI is InChI=1S/C23H33N3O2/c1-24-23-16-19(17-7-12-28-13-8-17)20-15-22(27-2)18(14-21(20)25-23)6-3-4-9-26-10-5-11-26/h14-17H,3-13H2,1-2H3,(H,24,25). The van der Waals surface area contributed by atoms with Crippen molar-refractivity contribution < 1.29 is 9.47 Å². The first-order valence-corrected chi connectivity index (χ1v) is 10.8. The Bertz CT molecular complexity index is 798. The van der Waals surface area contributed by atoms with Crippen molar-refractivity contribution in [1.82, 2.24) is 9.88 Å². The number of ether oxygens (including phenoxy) is 2. The van der Waals surface area contributed by atoms with Gasteiger partial charge in [0, 0.05) is 25.6 Å². The minimum Gasteiger partial charge on any atom is -0.496 e. The number of pyridine rings is 1. The third kappa shape index (κ3) is 4.26. The van der Waals surface area contributed by atoms with Crippen LogP contribution in [0.2, 0.25) is 0 Å². The summed E-state index contributed by atoms with van der Waals surface area (Å²) >= 11 is 0. The number of unbranched alkanes of at least 4 members (excludes halogenated alkanes) is 1. The number of nitrogens with zero attached hydrogens (tertiary/aromatic N) is 2. The van der Waals surface area contributed by atoms with Gasteiger partial charge in [-0.1, -0.05) is 0 Å². The van der Waals surface area contributed by atoms with Crippen molar-refractivity contribution in [1.29, 1.82) is 0 Å². The Kier molecular flexibility index (Phi) is 6.33. The predicted octanol–water partition coefficient (Wildman–Crippen LogP) is 4.21. The smallest absolute Gasteiger partial charge is 0.126 e. The lowest BCUT2D eigenvalue weighted by molar-refractivity contribution is 0.0856. The zero-order chi connectivity index (χ0) is 19.3. The van der Waals surface area contributed by atoms with Crippen LogP contribution >= 0.6 is 0 Å². The number of rotatable bonds is 8. The molecule has 0 aliphatic carbocycles. The number of aryl methyl sites for hydroxylation is 1. The maximum absolute atomic E-state index is 5.78. The molecule has 2 saturated heterocycles. The fourth-order valence-electron chi connectivity index (χ4n) is 4.44. The Morgan fingerprint density at radius 1 is 1.18 bits per heavy atom. The van der Waals surface area contributed by atoms with Gasteiger partial charge in [-0.05, 0) is 93.4 Å². The Morgan fingerprint density at radius 3 is 2.68 bits per heavy atom. The van der Waals surface area contributed by atoms with E-state index in [0.29, 0.717) is 5.92 Å². The number of benzene rings is 1. The van der Waals surface area contributed by atoms with Crippen LogP contribution in [-0.2, 0) is 11.2 Å². The summed E-state index contributed by atoms with van der Waals surface area (Å²) in [5, 5.41) is 4.47. The van der Waals surface area contributed by atoms with Gasteiger partial charge in [0.15, 0.2) is 0 Å². The van der Waals surface area contributed by atoms with Gasteiger partial charge in [-0.2, -0.15) is 0 Å². The average Bonchev–Trinajstić information content (AvgIpc) is 2.71. The molecule has 2 aromatic rings. The molecule has 5 heteroatoms. The van der Waals surface area contributed by atoms with Crippen LogP contribution in [0.4, 0.5) is 5.82 Å². The van der Waals surface area contributed by atoms with E-state index in [2.05, 4.69) is 28.4 Å². The summed E-state index contributed by atoms with van der Waals surface area (Å²) in [5.41, 5.74) is 3.73. The Hall–Kier alpha value is -1.85. The van der Waals surface area contributed by atoms with E-state index in [1.165, 1.54) is 55.4 Å². The molecule has 2 fully saturated rings. The maximum Gasteiger partial charge on any atom is 0.126 e. The zero-order valence-corrected chi connectivity index (χ0v) is 17.3. The van der Waals surface area contributed by atoms with Gasteiger partial charge in [0.25, 0.3) is 0 Å². The van der Waals surface area contributed by atoms with E-state index in [1.807, 2.05) is 7.05 Å². The molecule has 2 aliphatic heterocycles. The second-order valence-electron chi connectivity index (χ2n) is 8.07. The van der Waals surface area contributed by atoms with E-state index in [0.717, 1.165) is 49.6 Å². The summed E-state index contributed by atoms with van der Waals surface area (Å²) in [7, 11) is 3.73. The van der Waals surface area contributed by atoms with E-state index in [9.17, 15) is 0 Å². The molecule has 0 atom stereocenters. The summed E-state index contributed by atoms with van der Waals surface area (Å²) < 4.78 is 11.4. The van der Waals surface area contributed by atoms with Crippen LogP contribution in [0.1, 0.15) is 49.1 Å². The fourth-order valence-corrected chi connectivity index (χ4v) is 4.44. The zero-order valence-electron chi connectivity index (χ0n) is 17.3. The Balaban J connectivity index is 1.59. The van der Waals surface area contributed by atoms with Gasteiger partial charge in [-0.25, -0.2) is 4.98 Å². The largest absolute Gasteiger partial charge is 0.496 e. The lowest BCUT2D eigenvalue weighted by atomic mass is 9.88. The van der Waals surface area contributed by atoms with Gasteiger partial charge in [0.2, 0.25) is 0 Å². The lowest BCUT2D eigenvalue weighted by Crippen LogP contribution is -2.37. The van der Waals surface area contributed by atoms with Crippen LogP contribution in [0.25, 0.3) is 10.9 Å². The normalized spacial score (nSPS) is 18.2. The number of hydrogen-bond acceptors (Lipinski definition) is 5. The molecule has 0 spiro atoms. The number of anilines is 1. The molecule has 1 aromatic heterocycles. The van der Waals surface area contributed by atoms with Crippen LogP contribution in [0.15, 0.2) is 18.2 Å². The number of fused-ring (bicyclic) bond motifs is 1. The summed E-state index contributed by atoms with van der Waals surface area (Å²) in [5.74, 6) is 2.48. The number of methoxy groups -OCH3 is 1.